The van der Waals surface area contributed by atoms with Crippen LogP contribution >= 0.6 is 23.4 Å². The second kappa shape index (κ2) is 8.01. The second-order valence-corrected chi connectivity index (χ2v) is 9.05. The molecule has 0 saturated heterocycles. The molecule has 1 amide bonds. The largest absolute Gasteiger partial charge is 0.326 e. The summed E-state index contributed by atoms with van der Waals surface area (Å²) in [7, 11) is -3.84. The number of thioether (sulfide) groups is 1. The lowest BCUT2D eigenvalue weighted by molar-refractivity contribution is -0.115. The van der Waals surface area contributed by atoms with Crippen LogP contribution in [0.3, 0.4) is 0 Å². The minimum absolute atomic E-state index is 0.0278. The number of sulfonamides is 1. The van der Waals surface area contributed by atoms with Crippen LogP contribution in [0.25, 0.3) is 0 Å². The lowest BCUT2D eigenvalue weighted by atomic mass is 10.2. The predicted octanol–water partition coefficient (Wildman–Crippen LogP) is 2.52. The van der Waals surface area contributed by atoms with Crippen LogP contribution in [0, 0.1) is 0 Å². The van der Waals surface area contributed by atoms with Crippen LogP contribution in [0.4, 0.5) is 11.5 Å². The number of amidine groups is 1. The summed E-state index contributed by atoms with van der Waals surface area (Å²) in [5.74, 6) is -0.130. The van der Waals surface area contributed by atoms with Crippen LogP contribution in [0.15, 0.2) is 57.4 Å². The number of anilines is 2. The Morgan fingerprint density at radius 3 is 2.69 bits per heavy atom. The van der Waals surface area contributed by atoms with Gasteiger partial charge in [-0.15, -0.1) is 10.2 Å². The number of fused-ring (bicyclic) bond motifs is 1. The van der Waals surface area contributed by atoms with E-state index in [9.17, 15) is 13.2 Å². The molecule has 2 aliphatic heterocycles. The minimum Gasteiger partial charge on any atom is -0.326 e. The molecule has 0 atom stereocenters. The number of rotatable bonds is 6. The molecule has 0 aliphatic carbocycles. The number of benzene rings is 1. The van der Waals surface area contributed by atoms with E-state index < -0.39 is 10.0 Å². The number of aromatic nitrogens is 2. The molecule has 0 radical (unpaired) electrons. The van der Waals surface area contributed by atoms with Crippen molar-refractivity contribution in [3.05, 3.63) is 52.7 Å². The summed E-state index contributed by atoms with van der Waals surface area (Å²) in [5, 5.41) is 13.1. The number of halogens is 1. The topological polar surface area (TPSA) is 117 Å². The molecule has 2 N–H and O–H groups in total. The molecule has 12 heteroatoms. The maximum atomic E-state index is 12.4. The van der Waals surface area contributed by atoms with Gasteiger partial charge in [0.05, 0.1) is 17.9 Å². The van der Waals surface area contributed by atoms with Crippen molar-refractivity contribution in [3.8, 4) is 0 Å². The Bertz CT molecular complexity index is 1100. The minimum atomic E-state index is -3.84. The van der Waals surface area contributed by atoms with E-state index in [1.54, 1.807) is 0 Å². The second-order valence-electron chi connectivity index (χ2n) is 6.14. The summed E-state index contributed by atoms with van der Waals surface area (Å²) in [6.07, 6.45) is 0.225. The highest BCUT2D eigenvalue weighted by Crippen LogP contribution is 2.31. The Kier molecular flexibility index (Phi) is 5.43. The van der Waals surface area contributed by atoms with Gasteiger partial charge in [-0.25, -0.2) is 8.42 Å². The summed E-state index contributed by atoms with van der Waals surface area (Å²) in [6.45, 7) is 1.53. The highest BCUT2D eigenvalue weighted by Gasteiger charge is 2.27. The molecule has 3 heterocycles. The van der Waals surface area contributed by atoms with E-state index >= 15 is 0 Å². The van der Waals surface area contributed by atoms with Crippen molar-refractivity contribution in [2.24, 2.45) is 4.99 Å². The predicted molar refractivity (Wildman–Crippen MR) is 112 cm³/mol. The van der Waals surface area contributed by atoms with E-state index in [0.29, 0.717) is 5.69 Å². The fraction of sp³-hybridized carbons (Fsp3) is 0.176. The highest BCUT2D eigenvalue weighted by molar-refractivity contribution is 8.16. The SMILES string of the molecule is O=C(CC1=CSC2=NCCN12)Nc1ccc(S(=O)(=O)Nc2ccc(Cl)nn2)cc1. The molecule has 2 aliphatic rings. The molecule has 4 rings (SSSR count). The van der Waals surface area contributed by atoms with Crippen molar-refractivity contribution in [1.82, 2.24) is 15.1 Å². The molecular formula is C17H15ClN6O3S2. The standard InChI is InChI=1S/C17H15ClN6O3S2/c18-14-5-6-15(22-21-14)23-29(26,27)13-3-1-11(2-4-13)20-16(25)9-12-10-28-17-19-7-8-24(12)17/h1-6,10H,7-9H2,(H,20,25)(H,22,23). The van der Waals surface area contributed by atoms with Crippen molar-refractivity contribution in [3.63, 3.8) is 0 Å². The van der Waals surface area contributed by atoms with Crippen molar-refractivity contribution in [1.29, 1.82) is 0 Å². The Balaban J connectivity index is 1.37. The van der Waals surface area contributed by atoms with Gasteiger partial charge in [0.2, 0.25) is 5.91 Å². The van der Waals surface area contributed by atoms with Crippen molar-refractivity contribution >= 4 is 56.0 Å². The third-order valence-electron chi connectivity index (χ3n) is 4.11. The van der Waals surface area contributed by atoms with Gasteiger partial charge in [-0.05, 0) is 41.8 Å². The number of hydrogen-bond donors (Lipinski definition) is 2. The van der Waals surface area contributed by atoms with E-state index in [-0.39, 0.29) is 28.2 Å². The Morgan fingerprint density at radius 2 is 1.97 bits per heavy atom. The average molecular weight is 451 g/mol. The van der Waals surface area contributed by atoms with Gasteiger partial charge in [0.15, 0.2) is 16.1 Å². The van der Waals surface area contributed by atoms with E-state index in [1.165, 1.54) is 48.2 Å². The van der Waals surface area contributed by atoms with E-state index in [4.69, 9.17) is 11.6 Å². The van der Waals surface area contributed by atoms with Crippen LogP contribution in [-0.4, -0.2) is 47.7 Å². The zero-order valence-corrected chi connectivity index (χ0v) is 17.3. The first-order valence-corrected chi connectivity index (χ1v) is 11.2. The molecule has 0 spiro atoms. The lowest BCUT2D eigenvalue weighted by Crippen LogP contribution is -2.24. The fourth-order valence-corrected chi connectivity index (χ4v) is 4.82. The molecule has 0 fully saturated rings. The summed E-state index contributed by atoms with van der Waals surface area (Å²) < 4.78 is 27.2. The first-order chi connectivity index (χ1) is 13.9. The number of carbonyl (C=O) groups is 1. The van der Waals surface area contributed by atoms with Crippen molar-refractivity contribution in [2.45, 2.75) is 11.3 Å². The van der Waals surface area contributed by atoms with Crippen LogP contribution in [0.5, 0.6) is 0 Å². The summed E-state index contributed by atoms with van der Waals surface area (Å²) in [6, 6.07) is 8.70. The summed E-state index contributed by atoms with van der Waals surface area (Å²) in [4.78, 5) is 18.7. The van der Waals surface area contributed by atoms with E-state index in [2.05, 4.69) is 25.2 Å². The van der Waals surface area contributed by atoms with E-state index in [1.807, 2.05) is 10.3 Å². The molecule has 9 nitrogen and oxygen atoms in total. The first kappa shape index (κ1) is 19.7. The third-order valence-corrected chi connectivity index (χ3v) is 6.63. The average Bonchev–Trinajstić information content (AvgIpc) is 3.29. The van der Waals surface area contributed by atoms with Gasteiger partial charge < -0.3 is 10.2 Å². The van der Waals surface area contributed by atoms with Crippen molar-refractivity contribution < 1.29 is 13.2 Å². The zero-order chi connectivity index (χ0) is 20.4. The zero-order valence-electron chi connectivity index (χ0n) is 14.9. The Labute approximate surface area is 176 Å². The molecule has 2 aromatic rings. The monoisotopic (exact) mass is 450 g/mol. The molecule has 1 aromatic carbocycles. The number of aliphatic imine (C=N–C) groups is 1. The van der Waals surface area contributed by atoms with Crippen LogP contribution in [-0.2, 0) is 14.8 Å². The van der Waals surface area contributed by atoms with Crippen LogP contribution in [0.1, 0.15) is 6.42 Å². The third kappa shape index (κ3) is 4.52. The highest BCUT2D eigenvalue weighted by atomic mass is 35.5. The maximum Gasteiger partial charge on any atom is 0.263 e. The molecule has 0 bridgehead atoms. The van der Waals surface area contributed by atoms with E-state index in [0.717, 1.165) is 24.0 Å². The van der Waals surface area contributed by atoms with Gasteiger partial charge in [0, 0.05) is 17.9 Å². The van der Waals surface area contributed by atoms with Gasteiger partial charge in [-0.3, -0.25) is 14.5 Å². The molecule has 150 valence electrons. The normalized spacial score (nSPS) is 15.6. The molecule has 0 saturated carbocycles. The summed E-state index contributed by atoms with van der Waals surface area (Å²) in [5.41, 5.74) is 1.41. The van der Waals surface area contributed by atoms with Gasteiger partial charge >= 0.3 is 0 Å². The van der Waals surface area contributed by atoms with Gasteiger partial charge in [-0.2, -0.15) is 0 Å². The number of nitrogens with zero attached hydrogens (tertiary/aromatic N) is 4. The fourth-order valence-electron chi connectivity index (χ4n) is 2.77. The number of amides is 1. The first-order valence-electron chi connectivity index (χ1n) is 8.50. The maximum absolute atomic E-state index is 12.4. The number of nitrogens with one attached hydrogen (secondary N) is 2. The molecule has 29 heavy (non-hydrogen) atoms. The van der Waals surface area contributed by atoms with Crippen LogP contribution in [0.2, 0.25) is 5.15 Å². The van der Waals surface area contributed by atoms with Crippen molar-refractivity contribution in [2.75, 3.05) is 23.1 Å². The molecular weight excluding hydrogens is 436 g/mol. The summed E-state index contributed by atoms with van der Waals surface area (Å²) >= 11 is 7.16. The Morgan fingerprint density at radius 1 is 1.17 bits per heavy atom. The molecule has 0 unspecified atom stereocenters. The Hall–Kier alpha value is -2.63. The van der Waals surface area contributed by atoms with Gasteiger partial charge in [0.25, 0.3) is 10.0 Å². The van der Waals surface area contributed by atoms with Crippen LogP contribution < -0.4 is 10.0 Å². The lowest BCUT2D eigenvalue weighted by Gasteiger charge is -2.16. The number of hydrogen-bond acceptors (Lipinski definition) is 8. The quantitative estimate of drug-likeness (QED) is 0.694. The smallest absolute Gasteiger partial charge is 0.263 e. The number of carbonyl (C=O) groups excluding carboxylic acids is 1. The molecule has 1 aromatic heterocycles. The van der Waals surface area contributed by atoms with Gasteiger partial charge in [0.1, 0.15) is 0 Å². The van der Waals surface area contributed by atoms with Gasteiger partial charge in [-0.1, -0.05) is 23.4 Å².